The van der Waals surface area contributed by atoms with E-state index in [4.69, 9.17) is 18.9 Å². The van der Waals surface area contributed by atoms with Gasteiger partial charge in [-0.3, -0.25) is 9.69 Å². The number of carbonyl (C=O) groups is 1. The highest BCUT2D eigenvalue weighted by molar-refractivity contribution is 5.78. The average Bonchev–Trinajstić information content (AvgIpc) is 3.22. The van der Waals surface area contributed by atoms with E-state index in [9.17, 15) is 4.79 Å². The second kappa shape index (κ2) is 7.97. The normalized spacial score (nSPS) is 26.9. The Bertz CT molecular complexity index is 691. The molecule has 0 unspecified atom stereocenters. The van der Waals surface area contributed by atoms with Gasteiger partial charge in [-0.1, -0.05) is 13.0 Å². The van der Waals surface area contributed by atoms with Crippen LogP contribution in [0, 0.1) is 5.41 Å². The molecule has 1 aromatic rings. The third kappa shape index (κ3) is 3.14. The van der Waals surface area contributed by atoms with Gasteiger partial charge in [0.15, 0.2) is 11.5 Å². The van der Waals surface area contributed by atoms with Crippen LogP contribution in [0.1, 0.15) is 45.1 Å². The Labute approximate surface area is 161 Å². The first-order chi connectivity index (χ1) is 13.1. The molecule has 0 spiro atoms. The zero-order valence-corrected chi connectivity index (χ0v) is 17.0. The van der Waals surface area contributed by atoms with Crippen molar-refractivity contribution in [3.05, 3.63) is 17.7 Å². The Hall–Kier alpha value is -1.95. The van der Waals surface area contributed by atoms with Crippen LogP contribution in [0.2, 0.25) is 0 Å². The summed E-state index contributed by atoms with van der Waals surface area (Å²) in [5.74, 6) is 1.92. The standard InChI is InChI=1S/C21H31NO5/c1-6-21(20(23)27-7-2)12-15-9-11-17(21)22(15)13-14-8-10-16(24-3)19(26-5)18(14)25-4/h8,10,15,17H,6-7,9,11-13H2,1-5H3/t15-,17+,21+/m0/s1. The van der Waals surface area contributed by atoms with Crippen LogP contribution in [0.4, 0.5) is 0 Å². The zero-order valence-electron chi connectivity index (χ0n) is 17.0. The molecule has 6 heteroatoms. The largest absolute Gasteiger partial charge is 0.493 e. The van der Waals surface area contributed by atoms with Crippen molar-refractivity contribution in [1.82, 2.24) is 4.90 Å². The molecule has 2 aliphatic rings. The number of methoxy groups -OCH3 is 3. The second-order valence-electron chi connectivity index (χ2n) is 7.35. The highest BCUT2D eigenvalue weighted by Crippen LogP contribution is 2.53. The van der Waals surface area contributed by atoms with Gasteiger partial charge in [0.1, 0.15) is 0 Å². The maximum absolute atomic E-state index is 12.8. The molecular formula is C21H31NO5. The van der Waals surface area contributed by atoms with E-state index in [2.05, 4.69) is 11.8 Å². The fraction of sp³-hybridized carbons (Fsp3) is 0.667. The van der Waals surface area contributed by atoms with Crippen molar-refractivity contribution < 1.29 is 23.7 Å². The van der Waals surface area contributed by atoms with E-state index in [1.54, 1.807) is 21.3 Å². The minimum atomic E-state index is -0.386. The van der Waals surface area contributed by atoms with E-state index in [-0.39, 0.29) is 17.4 Å². The molecule has 0 radical (unpaired) electrons. The second-order valence-corrected chi connectivity index (χ2v) is 7.35. The smallest absolute Gasteiger partial charge is 0.313 e. The Morgan fingerprint density at radius 2 is 1.85 bits per heavy atom. The Kier molecular flexibility index (Phi) is 5.84. The van der Waals surface area contributed by atoms with Crippen molar-refractivity contribution in [2.45, 2.75) is 58.2 Å². The van der Waals surface area contributed by atoms with Crippen molar-refractivity contribution in [3.8, 4) is 17.2 Å². The molecule has 0 amide bonds. The molecule has 0 saturated carbocycles. The number of hydrogen-bond acceptors (Lipinski definition) is 6. The minimum Gasteiger partial charge on any atom is -0.493 e. The molecule has 0 N–H and O–H groups in total. The summed E-state index contributed by atoms with van der Waals surface area (Å²) in [6.45, 7) is 5.13. The van der Waals surface area contributed by atoms with Gasteiger partial charge in [0, 0.05) is 24.2 Å². The lowest BCUT2D eigenvalue weighted by atomic mass is 9.72. The van der Waals surface area contributed by atoms with E-state index in [0.717, 1.165) is 37.8 Å². The summed E-state index contributed by atoms with van der Waals surface area (Å²) < 4.78 is 22.0. The minimum absolute atomic E-state index is 0.0380. The van der Waals surface area contributed by atoms with E-state index in [1.165, 1.54) is 0 Å². The molecule has 1 aromatic carbocycles. The number of fused-ring (bicyclic) bond motifs is 2. The number of ether oxygens (including phenoxy) is 4. The van der Waals surface area contributed by atoms with Gasteiger partial charge in [-0.15, -0.1) is 0 Å². The van der Waals surface area contributed by atoms with Crippen LogP contribution in [-0.2, 0) is 16.1 Å². The predicted molar refractivity (Wildman–Crippen MR) is 102 cm³/mol. The first-order valence-electron chi connectivity index (χ1n) is 9.77. The number of rotatable bonds is 8. The summed E-state index contributed by atoms with van der Waals surface area (Å²) in [6.07, 6.45) is 3.85. The molecule has 2 heterocycles. The van der Waals surface area contributed by atoms with Crippen LogP contribution in [0.5, 0.6) is 17.2 Å². The fourth-order valence-electron chi connectivity index (χ4n) is 5.05. The van der Waals surface area contributed by atoms with Crippen LogP contribution in [0.15, 0.2) is 12.1 Å². The predicted octanol–water partition coefficient (Wildman–Crippen LogP) is 3.41. The summed E-state index contributed by atoms with van der Waals surface area (Å²) in [4.78, 5) is 15.2. The summed E-state index contributed by atoms with van der Waals surface area (Å²) in [5, 5.41) is 0. The summed E-state index contributed by atoms with van der Waals surface area (Å²) in [5.41, 5.74) is 0.658. The topological polar surface area (TPSA) is 57.2 Å². The Balaban J connectivity index is 1.90. The molecule has 3 atom stereocenters. The monoisotopic (exact) mass is 377 g/mol. The van der Waals surface area contributed by atoms with Crippen LogP contribution in [0.25, 0.3) is 0 Å². The van der Waals surface area contributed by atoms with E-state index < -0.39 is 0 Å². The van der Waals surface area contributed by atoms with Gasteiger partial charge in [-0.2, -0.15) is 0 Å². The number of benzene rings is 1. The van der Waals surface area contributed by atoms with Gasteiger partial charge in [-0.25, -0.2) is 0 Å². The number of carbonyl (C=O) groups excluding carboxylic acids is 1. The molecule has 2 saturated heterocycles. The van der Waals surface area contributed by atoms with Gasteiger partial charge in [0.05, 0.1) is 33.4 Å². The highest BCUT2D eigenvalue weighted by Gasteiger charge is 2.59. The van der Waals surface area contributed by atoms with Crippen molar-refractivity contribution >= 4 is 5.97 Å². The maximum atomic E-state index is 12.8. The lowest BCUT2D eigenvalue weighted by Crippen LogP contribution is -2.44. The SMILES string of the molecule is CCOC(=O)[C@]1(CC)C[C@@H]2CC[C@H]1N2Cc1ccc(OC)c(OC)c1OC. The van der Waals surface area contributed by atoms with Crippen molar-refractivity contribution in [1.29, 1.82) is 0 Å². The summed E-state index contributed by atoms with van der Waals surface area (Å²) in [6, 6.07) is 4.55. The third-order valence-corrected chi connectivity index (χ3v) is 6.33. The molecule has 2 bridgehead atoms. The maximum Gasteiger partial charge on any atom is 0.313 e. The van der Waals surface area contributed by atoms with Gasteiger partial charge in [0.2, 0.25) is 5.75 Å². The Morgan fingerprint density at radius 3 is 2.44 bits per heavy atom. The van der Waals surface area contributed by atoms with Crippen molar-refractivity contribution in [3.63, 3.8) is 0 Å². The van der Waals surface area contributed by atoms with Gasteiger partial charge in [-0.05, 0) is 38.7 Å². The molecule has 2 fully saturated rings. The molecule has 2 aliphatic heterocycles. The molecule has 3 rings (SSSR count). The summed E-state index contributed by atoms with van der Waals surface area (Å²) in [7, 11) is 4.88. The summed E-state index contributed by atoms with van der Waals surface area (Å²) >= 11 is 0. The van der Waals surface area contributed by atoms with Gasteiger partial charge in [0.25, 0.3) is 0 Å². The molecule has 150 valence electrons. The average molecular weight is 377 g/mol. The number of nitrogens with zero attached hydrogens (tertiary/aromatic N) is 1. The molecule has 0 aromatic heterocycles. The fourth-order valence-corrected chi connectivity index (χ4v) is 5.05. The Morgan fingerprint density at radius 1 is 1.11 bits per heavy atom. The molecule has 27 heavy (non-hydrogen) atoms. The van der Waals surface area contributed by atoms with Crippen LogP contribution >= 0.6 is 0 Å². The van der Waals surface area contributed by atoms with Gasteiger partial charge < -0.3 is 18.9 Å². The van der Waals surface area contributed by atoms with Gasteiger partial charge >= 0.3 is 5.97 Å². The molecule has 6 nitrogen and oxygen atoms in total. The van der Waals surface area contributed by atoms with E-state index in [1.807, 2.05) is 19.1 Å². The first-order valence-corrected chi connectivity index (χ1v) is 9.77. The third-order valence-electron chi connectivity index (χ3n) is 6.33. The van der Waals surface area contributed by atoms with E-state index >= 15 is 0 Å². The van der Waals surface area contributed by atoms with E-state index in [0.29, 0.717) is 29.9 Å². The number of hydrogen-bond donors (Lipinski definition) is 0. The molecule has 0 aliphatic carbocycles. The molecular weight excluding hydrogens is 346 g/mol. The lowest BCUT2D eigenvalue weighted by Gasteiger charge is -2.34. The van der Waals surface area contributed by atoms with Crippen LogP contribution < -0.4 is 14.2 Å². The lowest BCUT2D eigenvalue weighted by molar-refractivity contribution is -0.157. The first kappa shape index (κ1) is 19.8. The van der Waals surface area contributed by atoms with Crippen LogP contribution in [-0.4, -0.2) is 50.9 Å². The van der Waals surface area contributed by atoms with Crippen molar-refractivity contribution in [2.75, 3.05) is 27.9 Å². The zero-order chi connectivity index (χ0) is 19.6. The van der Waals surface area contributed by atoms with Crippen molar-refractivity contribution in [2.24, 2.45) is 5.41 Å². The quantitative estimate of drug-likeness (QED) is 0.647. The number of esters is 1. The van der Waals surface area contributed by atoms with Crippen LogP contribution in [0.3, 0.4) is 0 Å². The highest BCUT2D eigenvalue weighted by atomic mass is 16.5.